The number of aromatic carboxylic acids is 1. The Bertz CT molecular complexity index is 859. The molecule has 0 radical (unpaired) electrons. The lowest BCUT2D eigenvalue weighted by molar-refractivity contribution is 0.0695. The molecule has 1 aliphatic carbocycles. The van der Waals surface area contributed by atoms with E-state index in [2.05, 4.69) is 48.7 Å². The highest BCUT2D eigenvalue weighted by Gasteiger charge is 2.40. The van der Waals surface area contributed by atoms with Crippen molar-refractivity contribution in [2.45, 2.75) is 25.3 Å². The van der Waals surface area contributed by atoms with Gasteiger partial charge < -0.3 is 10.4 Å². The van der Waals surface area contributed by atoms with E-state index >= 15 is 0 Å². The molecule has 0 bridgehead atoms. The summed E-state index contributed by atoms with van der Waals surface area (Å²) in [6.07, 6.45) is 5.22. The Labute approximate surface area is 146 Å². The van der Waals surface area contributed by atoms with E-state index in [0.29, 0.717) is 16.5 Å². The minimum absolute atomic E-state index is 0.0802. The Kier molecular flexibility index (Phi) is 3.61. The third kappa shape index (κ3) is 2.31. The second kappa shape index (κ2) is 5.67. The Morgan fingerprint density at radius 3 is 2.88 bits per heavy atom. The second-order valence-corrected chi connectivity index (χ2v) is 6.99. The summed E-state index contributed by atoms with van der Waals surface area (Å²) in [5.74, 6) is -0.523. The molecule has 0 saturated carbocycles. The van der Waals surface area contributed by atoms with Gasteiger partial charge in [-0.15, -0.1) is 0 Å². The fourth-order valence-electron chi connectivity index (χ4n) is 4.05. The van der Waals surface area contributed by atoms with Crippen LogP contribution in [-0.2, 0) is 0 Å². The lowest BCUT2D eigenvalue weighted by atomic mass is 9.75. The molecule has 1 heterocycles. The number of rotatable bonds is 2. The predicted molar refractivity (Wildman–Crippen MR) is 95.9 cm³/mol. The minimum atomic E-state index is -0.905. The number of allylic oxidation sites excluding steroid dienone is 2. The third-order valence-corrected chi connectivity index (χ3v) is 5.42. The number of hydrogen-bond acceptors (Lipinski definition) is 2. The number of carboxylic acid groups (broad SMARTS) is 1. The van der Waals surface area contributed by atoms with Gasteiger partial charge in [0, 0.05) is 5.92 Å². The number of nitrogens with one attached hydrogen (secondary N) is 1. The number of hydrogen-bond donors (Lipinski definition) is 2. The van der Waals surface area contributed by atoms with Gasteiger partial charge in [-0.05, 0) is 42.5 Å². The van der Waals surface area contributed by atoms with Crippen molar-refractivity contribution in [3.8, 4) is 0 Å². The number of anilines is 1. The van der Waals surface area contributed by atoms with Gasteiger partial charge in [0.25, 0.3) is 0 Å². The van der Waals surface area contributed by atoms with Crippen LogP contribution in [0.1, 0.15) is 45.4 Å². The zero-order chi connectivity index (χ0) is 16.8. The van der Waals surface area contributed by atoms with E-state index in [1.165, 1.54) is 11.1 Å². The molecule has 4 heteroatoms. The van der Waals surface area contributed by atoms with E-state index in [-0.39, 0.29) is 12.0 Å². The molecule has 3 atom stereocenters. The summed E-state index contributed by atoms with van der Waals surface area (Å²) in [6.45, 7) is 2.08. The van der Waals surface area contributed by atoms with Crippen LogP contribution in [0.3, 0.4) is 0 Å². The topological polar surface area (TPSA) is 49.3 Å². The van der Waals surface area contributed by atoms with Crippen molar-refractivity contribution in [1.29, 1.82) is 0 Å². The summed E-state index contributed by atoms with van der Waals surface area (Å²) in [7, 11) is 0. The van der Waals surface area contributed by atoms with Gasteiger partial charge >= 0.3 is 5.97 Å². The molecule has 1 aliphatic heterocycles. The number of benzene rings is 2. The molecule has 0 amide bonds. The Balaban J connectivity index is 1.88. The van der Waals surface area contributed by atoms with Crippen LogP contribution in [0.2, 0.25) is 5.02 Å². The van der Waals surface area contributed by atoms with E-state index in [4.69, 9.17) is 11.6 Å². The van der Waals surface area contributed by atoms with Gasteiger partial charge in [0.2, 0.25) is 0 Å². The number of fused-ring (bicyclic) bond motifs is 3. The van der Waals surface area contributed by atoms with Gasteiger partial charge in [0.05, 0.1) is 22.3 Å². The summed E-state index contributed by atoms with van der Waals surface area (Å²) >= 11 is 6.41. The molecule has 2 N–H and O–H groups in total. The third-order valence-electron chi connectivity index (χ3n) is 5.10. The molecule has 24 heavy (non-hydrogen) atoms. The largest absolute Gasteiger partial charge is 0.478 e. The Hall–Kier alpha value is -2.26. The maximum absolute atomic E-state index is 11.7. The van der Waals surface area contributed by atoms with Crippen molar-refractivity contribution in [1.82, 2.24) is 0 Å². The summed E-state index contributed by atoms with van der Waals surface area (Å²) in [5.41, 5.74) is 4.35. The first kappa shape index (κ1) is 15.3. The Morgan fingerprint density at radius 1 is 1.29 bits per heavy atom. The van der Waals surface area contributed by atoms with Crippen molar-refractivity contribution >= 4 is 23.3 Å². The van der Waals surface area contributed by atoms with Crippen LogP contribution in [0, 0.1) is 12.8 Å². The van der Waals surface area contributed by atoms with E-state index in [0.717, 1.165) is 17.7 Å². The van der Waals surface area contributed by atoms with Crippen LogP contribution in [0.15, 0.2) is 48.6 Å². The van der Waals surface area contributed by atoms with Crippen LogP contribution >= 0.6 is 11.6 Å². The smallest absolute Gasteiger partial charge is 0.336 e. The van der Waals surface area contributed by atoms with Crippen LogP contribution in [0.4, 0.5) is 5.69 Å². The van der Waals surface area contributed by atoms with E-state index in [1.807, 2.05) is 0 Å². The SMILES string of the molecule is Cc1cccc([C@@H]2Nc3c(Cl)ccc(C(=O)O)c3[C@H]3C=CC[C@H]32)c1. The molecular weight excluding hydrogens is 322 g/mol. The molecule has 2 aromatic rings. The van der Waals surface area contributed by atoms with Gasteiger partial charge in [-0.2, -0.15) is 0 Å². The van der Waals surface area contributed by atoms with Gasteiger partial charge in [-0.1, -0.05) is 53.6 Å². The molecule has 0 saturated heterocycles. The van der Waals surface area contributed by atoms with Crippen molar-refractivity contribution in [2.24, 2.45) is 5.92 Å². The van der Waals surface area contributed by atoms with Gasteiger partial charge in [0.15, 0.2) is 0 Å². The second-order valence-electron chi connectivity index (χ2n) is 6.58. The summed E-state index contributed by atoms with van der Waals surface area (Å²) in [4.78, 5) is 11.7. The highest BCUT2D eigenvalue weighted by Crippen LogP contribution is 2.52. The first-order valence-corrected chi connectivity index (χ1v) is 8.49. The molecule has 3 nitrogen and oxygen atoms in total. The van der Waals surface area contributed by atoms with Crippen molar-refractivity contribution < 1.29 is 9.90 Å². The van der Waals surface area contributed by atoms with E-state index < -0.39 is 5.97 Å². The van der Waals surface area contributed by atoms with Crippen molar-refractivity contribution in [3.63, 3.8) is 0 Å². The van der Waals surface area contributed by atoms with Gasteiger partial charge in [0.1, 0.15) is 0 Å². The minimum Gasteiger partial charge on any atom is -0.478 e. The molecular formula is C20H18ClNO2. The lowest BCUT2D eigenvalue weighted by Crippen LogP contribution is -2.30. The molecule has 0 aromatic heterocycles. The molecule has 4 rings (SSSR count). The molecule has 122 valence electrons. The van der Waals surface area contributed by atoms with Gasteiger partial charge in [-0.25, -0.2) is 4.79 Å². The lowest BCUT2D eigenvalue weighted by Gasteiger charge is -2.38. The first-order valence-electron chi connectivity index (χ1n) is 8.11. The highest BCUT2D eigenvalue weighted by atomic mass is 35.5. The van der Waals surface area contributed by atoms with Crippen molar-refractivity contribution in [3.05, 3.63) is 75.8 Å². The van der Waals surface area contributed by atoms with E-state index in [1.54, 1.807) is 12.1 Å². The fraction of sp³-hybridized carbons (Fsp3) is 0.250. The quantitative estimate of drug-likeness (QED) is 0.742. The molecule has 2 aliphatic rings. The summed E-state index contributed by atoms with van der Waals surface area (Å²) in [5, 5.41) is 13.7. The maximum atomic E-state index is 11.7. The highest BCUT2D eigenvalue weighted by molar-refractivity contribution is 6.33. The first-order chi connectivity index (χ1) is 11.6. The van der Waals surface area contributed by atoms with Crippen molar-refractivity contribution in [2.75, 3.05) is 5.32 Å². The summed E-state index contributed by atoms with van der Waals surface area (Å²) < 4.78 is 0. The number of carboxylic acids is 1. The van der Waals surface area contributed by atoms with Crippen LogP contribution in [-0.4, -0.2) is 11.1 Å². The number of halogens is 1. The molecule has 2 aromatic carbocycles. The summed E-state index contributed by atoms with van der Waals surface area (Å²) in [6, 6.07) is 11.9. The number of aryl methyl sites for hydroxylation is 1. The monoisotopic (exact) mass is 339 g/mol. The number of carbonyl (C=O) groups is 1. The fourth-order valence-corrected chi connectivity index (χ4v) is 4.27. The van der Waals surface area contributed by atoms with Gasteiger partial charge in [-0.3, -0.25) is 0 Å². The molecule has 0 fully saturated rings. The zero-order valence-corrected chi connectivity index (χ0v) is 14.0. The Morgan fingerprint density at radius 2 is 2.12 bits per heavy atom. The predicted octanol–water partition coefficient (Wildman–Crippen LogP) is 5.17. The average molecular weight is 340 g/mol. The molecule has 0 unspecified atom stereocenters. The molecule has 0 spiro atoms. The standard InChI is InChI=1S/C20H18ClNO2/c1-11-4-2-5-12(10-11)18-14-7-3-6-13(14)17-15(20(23)24)8-9-16(21)19(17)22-18/h2-6,8-10,13-14,18,22H,7H2,1H3,(H,23,24)/t13-,14+,18-/m0/s1. The normalized spacial score (nSPS) is 24.2. The van der Waals surface area contributed by atoms with Crippen LogP contribution < -0.4 is 5.32 Å². The van der Waals surface area contributed by atoms with Crippen LogP contribution in [0.5, 0.6) is 0 Å². The maximum Gasteiger partial charge on any atom is 0.336 e. The zero-order valence-electron chi connectivity index (χ0n) is 13.3. The average Bonchev–Trinajstić information content (AvgIpc) is 3.04. The van der Waals surface area contributed by atoms with E-state index in [9.17, 15) is 9.90 Å². The van der Waals surface area contributed by atoms with Crippen LogP contribution in [0.25, 0.3) is 0 Å².